The normalized spacial score (nSPS) is 11.6. The molecule has 102 valence electrons. The summed E-state index contributed by atoms with van der Waals surface area (Å²) >= 11 is 3.52. The molecule has 0 saturated heterocycles. The monoisotopic (exact) mass is 315 g/mol. The molecule has 0 fully saturated rings. The summed E-state index contributed by atoms with van der Waals surface area (Å²) in [6, 6.07) is 6.03. The molecular weight excluding hydrogens is 294 g/mol. The van der Waals surface area contributed by atoms with E-state index in [1.54, 1.807) is 7.11 Å². The van der Waals surface area contributed by atoms with Crippen molar-refractivity contribution in [2.24, 2.45) is 5.73 Å². The van der Waals surface area contributed by atoms with Gasteiger partial charge in [-0.15, -0.1) is 0 Å². The molecule has 0 aromatic heterocycles. The minimum Gasteiger partial charge on any atom is -0.492 e. The molecule has 0 atom stereocenters. The van der Waals surface area contributed by atoms with E-state index in [9.17, 15) is 0 Å². The van der Waals surface area contributed by atoms with Crippen LogP contribution in [0.3, 0.4) is 0 Å². The Morgan fingerprint density at radius 1 is 1.33 bits per heavy atom. The lowest BCUT2D eigenvalue weighted by Gasteiger charge is -2.23. The maximum Gasteiger partial charge on any atom is 0.136 e. The van der Waals surface area contributed by atoms with Crippen molar-refractivity contribution in [1.82, 2.24) is 0 Å². The molecule has 0 heterocycles. The lowest BCUT2D eigenvalue weighted by molar-refractivity contribution is 0.00531. The van der Waals surface area contributed by atoms with Crippen LogP contribution in [0.5, 0.6) is 5.75 Å². The van der Waals surface area contributed by atoms with Gasteiger partial charge in [-0.1, -0.05) is 12.1 Å². The number of hydrogen-bond acceptors (Lipinski definition) is 3. The summed E-state index contributed by atoms with van der Waals surface area (Å²) in [5.74, 6) is 0.898. The Bertz CT molecular complexity index is 380. The van der Waals surface area contributed by atoms with Crippen LogP contribution in [0.2, 0.25) is 0 Å². The van der Waals surface area contributed by atoms with Crippen molar-refractivity contribution in [1.29, 1.82) is 0 Å². The third kappa shape index (κ3) is 4.59. The van der Waals surface area contributed by atoms with Gasteiger partial charge in [0.2, 0.25) is 0 Å². The fourth-order valence-corrected chi connectivity index (χ4v) is 2.09. The number of halogens is 1. The summed E-state index contributed by atoms with van der Waals surface area (Å²) in [5.41, 5.74) is 6.59. The highest BCUT2D eigenvalue weighted by molar-refractivity contribution is 9.10. The van der Waals surface area contributed by atoms with Gasteiger partial charge in [-0.2, -0.15) is 0 Å². The van der Waals surface area contributed by atoms with E-state index in [1.807, 2.05) is 12.1 Å². The zero-order valence-corrected chi connectivity index (χ0v) is 12.9. The van der Waals surface area contributed by atoms with Crippen LogP contribution in [-0.2, 0) is 11.2 Å². The van der Waals surface area contributed by atoms with E-state index in [4.69, 9.17) is 15.2 Å². The third-order valence-corrected chi connectivity index (χ3v) is 3.59. The van der Waals surface area contributed by atoms with Crippen molar-refractivity contribution >= 4 is 15.9 Å². The highest BCUT2D eigenvalue weighted by Gasteiger charge is 2.17. The van der Waals surface area contributed by atoms with Crippen molar-refractivity contribution in [2.45, 2.75) is 32.3 Å². The Morgan fingerprint density at radius 3 is 2.67 bits per heavy atom. The summed E-state index contributed by atoms with van der Waals surface area (Å²) in [6.45, 7) is 5.35. The summed E-state index contributed by atoms with van der Waals surface area (Å²) < 4.78 is 12.2. The molecule has 2 N–H and O–H groups in total. The maximum atomic E-state index is 5.88. The first-order chi connectivity index (χ1) is 8.50. The summed E-state index contributed by atoms with van der Waals surface area (Å²) in [6.07, 6.45) is 1.66. The van der Waals surface area contributed by atoms with Crippen molar-refractivity contribution in [3.8, 4) is 5.75 Å². The lowest BCUT2D eigenvalue weighted by atomic mass is 10.1. The second kappa shape index (κ2) is 7.12. The minimum atomic E-state index is -0.157. The second-order valence-corrected chi connectivity index (χ2v) is 5.68. The molecule has 1 rings (SSSR count). The van der Waals surface area contributed by atoms with Crippen LogP contribution < -0.4 is 10.5 Å². The van der Waals surface area contributed by atoms with Gasteiger partial charge in [0, 0.05) is 13.5 Å². The fourth-order valence-electron chi connectivity index (χ4n) is 1.57. The smallest absolute Gasteiger partial charge is 0.136 e. The number of para-hydroxylation sites is 1. The average Bonchev–Trinajstić information content (AvgIpc) is 2.33. The Hall–Kier alpha value is -0.580. The number of nitrogens with two attached hydrogens (primary N) is 1. The van der Waals surface area contributed by atoms with E-state index in [1.165, 1.54) is 0 Å². The lowest BCUT2D eigenvalue weighted by Crippen LogP contribution is -2.25. The Morgan fingerprint density at radius 2 is 2.06 bits per heavy atom. The van der Waals surface area contributed by atoms with E-state index in [0.29, 0.717) is 13.2 Å². The Balaban J connectivity index is 2.66. The highest BCUT2D eigenvalue weighted by Crippen LogP contribution is 2.30. The molecule has 0 aliphatic rings. The molecular formula is C14H22BrNO2. The van der Waals surface area contributed by atoms with Gasteiger partial charge in [-0.25, -0.2) is 0 Å². The van der Waals surface area contributed by atoms with E-state index in [-0.39, 0.29) is 5.60 Å². The van der Waals surface area contributed by atoms with Gasteiger partial charge in [0.15, 0.2) is 0 Å². The maximum absolute atomic E-state index is 5.88. The number of methoxy groups -OCH3 is 1. The molecule has 18 heavy (non-hydrogen) atoms. The average molecular weight is 316 g/mol. The molecule has 0 aliphatic carbocycles. The van der Waals surface area contributed by atoms with E-state index in [2.05, 4.69) is 35.8 Å². The Labute approximate surface area is 118 Å². The number of rotatable bonds is 7. The zero-order chi connectivity index (χ0) is 13.6. The molecule has 4 heteroatoms. The zero-order valence-electron chi connectivity index (χ0n) is 11.3. The van der Waals surface area contributed by atoms with Crippen molar-refractivity contribution < 1.29 is 9.47 Å². The molecule has 1 aromatic carbocycles. The van der Waals surface area contributed by atoms with Crippen molar-refractivity contribution in [3.63, 3.8) is 0 Å². The molecule has 0 bridgehead atoms. The van der Waals surface area contributed by atoms with Crippen LogP contribution in [0.25, 0.3) is 0 Å². The third-order valence-electron chi connectivity index (χ3n) is 2.97. The number of ether oxygens (including phenoxy) is 2. The number of hydrogen-bond donors (Lipinski definition) is 1. The van der Waals surface area contributed by atoms with Crippen LogP contribution >= 0.6 is 15.9 Å². The van der Waals surface area contributed by atoms with Gasteiger partial charge >= 0.3 is 0 Å². The molecule has 0 radical (unpaired) electrons. The SMILES string of the molecule is COC(C)(C)CCOc1c(Br)cccc1CCN. The largest absolute Gasteiger partial charge is 0.492 e. The van der Waals surface area contributed by atoms with Gasteiger partial charge in [-0.05, 0) is 54.4 Å². The highest BCUT2D eigenvalue weighted by atomic mass is 79.9. The van der Waals surface area contributed by atoms with E-state index in [0.717, 1.165) is 28.6 Å². The van der Waals surface area contributed by atoms with Crippen LogP contribution in [0.15, 0.2) is 22.7 Å². The number of benzene rings is 1. The van der Waals surface area contributed by atoms with Crippen LogP contribution in [0, 0.1) is 0 Å². The second-order valence-electron chi connectivity index (χ2n) is 4.83. The molecule has 0 aliphatic heterocycles. The van der Waals surface area contributed by atoms with Crippen molar-refractivity contribution in [3.05, 3.63) is 28.2 Å². The van der Waals surface area contributed by atoms with Gasteiger partial charge in [0.05, 0.1) is 16.7 Å². The first-order valence-electron chi connectivity index (χ1n) is 6.15. The fraction of sp³-hybridized carbons (Fsp3) is 0.571. The first kappa shape index (κ1) is 15.5. The molecule has 0 saturated carbocycles. The summed E-state index contributed by atoms with van der Waals surface area (Å²) in [4.78, 5) is 0. The minimum absolute atomic E-state index is 0.157. The van der Waals surface area contributed by atoms with Gasteiger partial charge in [0.1, 0.15) is 5.75 Å². The first-order valence-corrected chi connectivity index (χ1v) is 6.95. The molecule has 0 amide bonds. The van der Waals surface area contributed by atoms with Crippen LogP contribution in [0.4, 0.5) is 0 Å². The predicted molar refractivity (Wildman–Crippen MR) is 78.1 cm³/mol. The summed E-state index contributed by atoms with van der Waals surface area (Å²) in [5, 5.41) is 0. The standard InChI is InChI=1S/C14H22BrNO2/c1-14(2,17-3)8-10-18-13-11(7-9-16)5-4-6-12(13)15/h4-6H,7-10,16H2,1-3H3. The molecule has 0 unspecified atom stereocenters. The van der Waals surface area contributed by atoms with Crippen molar-refractivity contribution in [2.75, 3.05) is 20.3 Å². The topological polar surface area (TPSA) is 44.5 Å². The molecule has 1 aromatic rings. The van der Waals surface area contributed by atoms with Gasteiger partial charge in [-0.3, -0.25) is 0 Å². The van der Waals surface area contributed by atoms with E-state index < -0.39 is 0 Å². The van der Waals surface area contributed by atoms with Gasteiger partial charge in [0.25, 0.3) is 0 Å². The van der Waals surface area contributed by atoms with Crippen LogP contribution in [0.1, 0.15) is 25.8 Å². The van der Waals surface area contributed by atoms with E-state index >= 15 is 0 Å². The Kier molecular flexibility index (Phi) is 6.12. The summed E-state index contributed by atoms with van der Waals surface area (Å²) in [7, 11) is 1.72. The molecule has 0 spiro atoms. The van der Waals surface area contributed by atoms with Gasteiger partial charge < -0.3 is 15.2 Å². The molecule has 3 nitrogen and oxygen atoms in total. The van der Waals surface area contributed by atoms with Crippen LogP contribution in [-0.4, -0.2) is 25.9 Å². The quantitative estimate of drug-likeness (QED) is 0.840. The predicted octanol–water partition coefficient (Wildman–Crippen LogP) is 3.14.